The van der Waals surface area contributed by atoms with Crippen LogP contribution in [0.25, 0.3) is 0 Å². The molecule has 0 radical (unpaired) electrons. The van der Waals surface area contributed by atoms with Gasteiger partial charge in [-0.1, -0.05) is 6.07 Å². The topological polar surface area (TPSA) is 82.0 Å². The predicted molar refractivity (Wildman–Crippen MR) is 71.5 cm³/mol. The predicted octanol–water partition coefficient (Wildman–Crippen LogP) is 0.406. The molecular weight excluding hydrogens is 248 g/mol. The summed E-state index contributed by atoms with van der Waals surface area (Å²) in [7, 11) is 3.57. The van der Waals surface area contributed by atoms with Gasteiger partial charge in [-0.2, -0.15) is 0 Å². The van der Waals surface area contributed by atoms with Crippen LogP contribution in [0.3, 0.4) is 0 Å². The number of amides is 1. The Morgan fingerprint density at radius 1 is 1.37 bits per heavy atom. The fourth-order valence-electron chi connectivity index (χ4n) is 1.53. The van der Waals surface area contributed by atoms with Gasteiger partial charge in [0.05, 0.1) is 12.2 Å². The van der Waals surface area contributed by atoms with Gasteiger partial charge in [-0.05, 0) is 19.2 Å². The van der Waals surface area contributed by atoms with Crippen LogP contribution in [-0.4, -0.2) is 61.4 Å². The van der Waals surface area contributed by atoms with E-state index in [-0.39, 0.29) is 11.3 Å². The van der Waals surface area contributed by atoms with Crippen LogP contribution < -0.4 is 5.32 Å². The molecule has 1 rings (SSSR count). The fraction of sp³-hybridized carbons (Fsp3) is 0.462. The van der Waals surface area contributed by atoms with Gasteiger partial charge in [-0.25, -0.2) is 0 Å². The first kappa shape index (κ1) is 15.3. The van der Waals surface area contributed by atoms with E-state index in [1.807, 2.05) is 11.9 Å². The van der Waals surface area contributed by atoms with Gasteiger partial charge in [0.25, 0.3) is 5.91 Å². The van der Waals surface area contributed by atoms with Crippen LogP contribution in [0.4, 0.5) is 0 Å². The molecular formula is C13H20N2O4. The summed E-state index contributed by atoms with van der Waals surface area (Å²) in [4.78, 5) is 13.8. The van der Waals surface area contributed by atoms with Crippen molar-refractivity contribution in [3.8, 4) is 11.5 Å². The number of aromatic hydroxyl groups is 2. The monoisotopic (exact) mass is 268 g/mol. The molecule has 106 valence electrons. The van der Waals surface area contributed by atoms with E-state index in [0.29, 0.717) is 19.7 Å². The van der Waals surface area contributed by atoms with Gasteiger partial charge in [0.2, 0.25) is 0 Å². The van der Waals surface area contributed by atoms with E-state index in [1.165, 1.54) is 18.2 Å². The third-order valence-corrected chi connectivity index (χ3v) is 2.72. The fourth-order valence-corrected chi connectivity index (χ4v) is 1.53. The van der Waals surface area contributed by atoms with Crippen LogP contribution in [0.2, 0.25) is 0 Å². The first-order chi connectivity index (χ1) is 9.06. The quantitative estimate of drug-likeness (QED) is 0.624. The minimum atomic E-state index is -0.409. The Morgan fingerprint density at radius 3 is 2.79 bits per heavy atom. The Bertz CT molecular complexity index is 423. The van der Waals surface area contributed by atoms with Gasteiger partial charge in [-0.15, -0.1) is 0 Å². The number of methoxy groups -OCH3 is 1. The molecule has 0 aromatic heterocycles. The van der Waals surface area contributed by atoms with E-state index in [1.54, 1.807) is 7.11 Å². The molecule has 3 N–H and O–H groups in total. The highest BCUT2D eigenvalue weighted by Crippen LogP contribution is 2.27. The molecule has 0 saturated heterocycles. The van der Waals surface area contributed by atoms with Gasteiger partial charge in [0.15, 0.2) is 11.5 Å². The summed E-state index contributed by atoms with van der Waals surface area (Å²) in [6, 6.07) is 4.29. The highest BCUT2D eigenvalue weighted by molar-refractivity contribution is 5.97. The number of hydrogen-bond donors (Lipinski definition) is 3. The lowest BCUT2D eigenvalue weighted by atomic mass is 10.1. The number of ether oxygens (including phenoxy) is 1. The van der Waals surface area contributed by atoms with Crippen molar-refractivity contribution in [2.75, 3.05) is 40.4 Å². The van der Waals surface area contributed by atoms with Crippen molar-refractivity contribution in [1.82, 2.24) is 10.2 Å². The lowest BCUT2D eigenvalue weighted by Gasteiger charge is -2.16. The highest BCUT2D eigenvalue weighted by Gasteiger charge is 2.13. The molecule has 0 atom stereocenters. The Hall–Kier alpha value is -1.79. The van der Waals surface area contributed by atoms with Gasteiger partial charge < -0.3 is 25.2 Å². The zero-order chi connectivity index (χ0) is 14.3. The molecule has 0 spiro atoms. The Kier molecular flexibility index (Phi) is 6.11. The van der Waals surface area contributed by atoms with Crippen LogP contribution in [0.5, 0.6) is 11.5 Å². The number of nitrogens with zero attached hydrogens (tertiary/aromatic N) is 1. The molecule has 6 nitrogen and oxygen atoms in total. The zero-order valence-corrected chi connectivity index (χ0v) is 11.2. The standard InChI is InChI=1S/C13H20N2O4/c1-15(8-9-19-2)7-6-14-13(18)10-4-3-5-11(16)12(10)17/h3-5,16-17H,6-9H2,1-2H3,(H,14,18). The van der Waals surface area contributed by atoms with Crippen molar-refractivity contribution in [3.05, 3.63) is 23.8 Å². The summed E-state index contributed by atoms with van der Waals surface area (Å²) in [6.07, 6.45) is 0. The second-order valence-electron chi connectivity index (χ2n) is 4.23. The summed E-state index contributed by atoms with van der Waals surface area (Å²) >= 11 is 0. The van der Waals surface area contributed by atoms with Gasteiger partial charge >= 0.3 is 0 Å². The van der Waals surface area contributed by atoms with Crippen LogP contribution in [0.1, 0.15) is 10.4 Å². The molecule has 0 bridgehead atoms. The van der Waals surface area contributed by atoms with Crippen molar-refractivity contribution in [3.63, 3.8) is 0 Å². The summed E-state index contributed by atoms with van der Waals surface area (Å²) < 4.78 is 4.95. The molecule has 0 aliphatic rings. The summed E-state index contributed by atoms with van der Waals surface area (Å²) in [5.74, 6) is -1.11. The molecule has 0 heterocycles. The molecule has 1 aromatic rings. The molecule has 1 amide bonds. The van der Waals surface area contributed by atoms with E-state index in [9.17, 15) is 15.0 Å². The third kappa shape index (κ3) is 4.76. The largest absolute Gasteiger partial charge is 0.504 e. The van der Waals surface area contributed by atoms with E-state index >= 15 is 0 Å². The first-order valence-electron chi connectivity index (χ1n) is 6.03. The average molecular weight is 268 g/mol. The minimum Gasteiger partial charge on any atom is -0.504 e. The Morgan fingerprint density at radius 2 is 2.11 bits per heavy atom. The molecule has 0 unspecified atom stereocenters. The second kappa shape index (κ2) is 7.60. The maximum absolute atomic E-state index is 11.8. The van der Waals surface area contributed by atoms with Crippen LogP contribution >= 0.6 is 0 Å². The van der Waals surface area contributed by atoms with Gasteiger partial charge in [0.1, 0.15) is 0 Å². The van der Waals surface area contributed by atoms with E-state index in [0.717, 1.165) is 6.54 Å². The molecule has 6 heteroatoms. The maximum Gasteiger partial charge on any atom is 0.255 e. The molecule has 0 aliphatic heterocycles. The van der Waals surface area contributed by atoms with Crippen molar-refractivity contribution in [2.24, 2.45) is 0 Å². The number of benzene rings is 1. The molecule has 0 fully saturated rings. The smallest absolute Gasteiger partial charge is 0.255 e. The molecule has 0 aliphatic carbocycles. The van der Waals surface area contributed by atoms with Crippen LogP contribution in [0.15, 0.2) is 18.2 Å². The Labute approximate surface area is 112 Å². The number of nitrogens with one attached hydrogen (secondary N) is 1. The number of carbonyl (C=O) groups is 1. The number of rotatable bonds is 7. The van der Waals surface area contributed by atoms with Crippen molar-refractivity contribution >= 4 is 5.91 Å². The average Bonchev–Trinajstić information content (AvgIpc) is 2.39. The number of hydrogen-bond acceptors (Lipinski definition) is 5. The van der Waals surface area contributed by atoms with Crippen LogP contribution in [0, 0.1) is 0 Å². The normalized spacial score (nSPS) is 10.7. The molecule has 0 saturated carbocycles. The van der Waals surface area contributed by atoms with Crippen molar-refractivity contribution in [2.45, 2.75) is 0 Å². The van der Waals surface area contributed by atoms with Gasteiger partial charge in [-0.3, -0.25) is 4.79 Å². The lowest BCUT2D eigenvalue weighted by Crippen LogP contribution is -2.34. The van der Waals surface area contributed by atoms with Crippen molar-refractivity contribution in [1.29, 1.82) is 0 Å². The van der Waals surface area contributed by atoms with Crippen LogP contribution in [-0.2, 0) is 4.74 Å². The third-order valence-electron chi connectivity index (χ3n) is 2.72. The summed E-state index contributed by atoms with van der Waals surface area (Å²) in [6.45, 7) is 2.55. The zero-order valence-electron chi connectivity index (χ0n) is 11.2. The summed E-state index contributed by atoms with van der Waals surface area (Å²) in [5.41, 5.74) is 0.0690. The number of phenols is 2. The summed E-state index contributed by atoms with van der Waals surface area (Å²) in [5, 5.41) is 21.5. The highest BCUT2D eigenvalue weighted by atomic mass is 16.5. The molecule has 19 heavy (non-hydrogen) atoms. The number of carbonyl (C=O) groups excluding carboxylic acids is 1. The number of para-hydroxylation sites is 1. The number of likely N-dealkylation sites (N-methyl/N-ethyl adjacent to an activating group) is 1. The van der Waals surface area contributed by atoms with E-state index < -0.39 is 11.7 Å². The van der Waals surface area contributed by atoms with Crippen molar-refractivity contribution < 1.29 is 19.7 Å². The second-order valence-corrected chi connectivity index (χ2v) is 4.23. The van der Waals surface area contributed by atoms with Gasteiger partial charge in [0, 0.05) is 26.7 Å². The number of phenolic OH excluding ortho intramolecular Hbond substituents is 2. The molecule has 1 aromatic carbocycles. The minimum absolute atomic E-state index is 0.0690. The van der Waals surface area contributed by atoms with E-state index in [2.05, 4.69) is 5.32 Å². The maximum atomic E-state index is 11.8. The SMILES string of the molecule is COCCN(C)CCNC(=O)c1cccc(O)c1O. The van der Waals surface area contributed by atoms with E-state index in [4.69, 9.17) is 4.74 Å². The first-order valence-corrected chi connectivity index (χ1v) is 6.03. The lowest BCUT2D eigenvalue weighted by molar-refractivity contribution is 0.0944. The Balaban J connectivity index is 2.41.